The third kappa shape index (κ3) is 9.50. The number of hydrogen-bond acceptors (Lipinski definition) is 8. The number of carbonyl (C=O) groups is 4. The minimum Gasteiger partial charge on any atom is -0.453 e. The number of ether oxygens (including phenoxy) is 2. The number of nitrogens with one attached hydrogen (secondary N) is 4. The number of nitrogens with zero attached hydrogens (tertiary/aromatic N) is 4. The first kappa shape index (κ1) is 44.5. The van der Waals surface area contributed by atoms with Crippen LogP contribution in [0.5, 0.6) is 0 Å². The van der Waals surface area contributed by atoms with Gasteiger partial charge < -0.3 is 39.9 Å². The Bertz CT molecular complexity index is 2250. The van der Waals surface area contributed by atoms with Crippen LogP contribution in [0.25, 0.3) is 22.3 Å². The van der Waals surface area contributed by atoms with E-state index in [2.05, 4.69) is 63.8 Å². The number of fused-ring (bicyclic) bond motifs is 1. The summed E-state index contributed by atoms with van der Waals surface area (Å²) in [5.41, 5.74) is 9.44. The molecule has 0 spiro atoms. The first-order valence-electron chi connectivity index (χ1n) is 20.5. The van der Waals surface area contributed by atoms with Crippen LogP contribution in [0.15, 0.2) is 24.4 Å². The van der Waals surface area contributed by atoms with E-state index >= 15 is 0 Å². The number of aromatic nitrogens is 4. The van der Waals surface area contributed by atoms with E-state index in [0.717, 1.165) is 80.4 Å². The maximum absolute atomic E-state index is 13.8. The lowest BCUT2D eigenvalue weighted by molar-refractivity contribution is -0.137. The average molecular weight is 800 g/mol. The third-order valence-corrected chi connectivity index (χ3v) is 11.6. The molecule has 1 aliphatic rings. The highest BCUT2D eigenvalue weighted by Gasteiger charge is 2.38. The average Bonchev–Trinajstić information content (AvgIpc) is 3.99. The van der Waals surface area contributed by atoms with Gasteiger partial charge in [0.15, 0.2) is 0 Å². The molecule has 4 amide bonds. The van der Waals surface area contributed by atoms with Gasteiger partial charge in [0, 0.05) is 30.4 Å². The Morgan fingerprint density at radius 1 is 0.915 bits per heavy atom. The molecule has 308 valence electrons. The summed E-state index contributed by atoms with van der Waals surface area (Å²) in [6.07, 6.45) is 2.97. The Hall–Kier alpha value is -5.58. The highest BCUT2D eigenvalue weighted by atomic mass is 16.5. The van der Waals surface area contributed by atoms with Gasteiger partial charge in [0.2, 0.25) is 11.8 Å². The highest BCUT2D eigenvalue weighted by Crippen LogP contribution is 2.32. The van der Waals surface area contributed by atoms with Crippen molar-refractivity contribution >= 4 is 88.3 Å². The molecule has 2 aromatic carbocycles. The lowest BCUT2D eigenvalue weighted by atomic mass is 9.64. The van der Waals surface area contributed by atoms with Crippen LogP contribution < -0.4 is 32.5 Å². The summed E-state index contributed by atoms with van der Waals surface area (Å²) in [4.78, 5) is 71.9. The Morgan fingerprint density at radius 3 is 2.14 bits per heavy atom. The van der Waals surface area contributed by atoms with Gasteiger partial charge in [-0.3, -0.25) is 9.59 Å². The second kappa shape index (κ2) is 19.0. The maximum atomic E-state index is 13.8. The quantitative estimate of drug-likeness (QED) is 0.106. The standard InChI is InChI=1S/C41H56B4N8O6/c1-9-16-52(38(54)34(20(2)3)50-40(56)58-7)22(6)36-47-25-15-13-23(18-26(25)48-36)12-14-24-30(42)32(44)29(33(45)31(24)43)27-19-46-37(49-27)28-11-10-17-53(28)39(55)35(21(4)5)51-41(57)59-8/h13,15,18-22,28,34-35H,9-11,16-17,42-45H2,1-8H3,(H,46,49)(H,47,48)(H,50,56)(H,51,57)/t22?,28-,34-,35-/m0/s1. The van der Waals surface area contributed by atoms with Crippen LogP contribution in [-0.2, 0) is 19.1 Å². The second-order valence-electron chi connectivity index (χ2n) is 16.1. The number of likely N-dealkylation sites (tertiary alicyclic amines) is 1. The lowest BCUT2D eigenvalue weighted by Gasteiger charge is -2.32. The Morgan fingerprint density at radius 2 is 1.54 bits per heavy atom. The molecule has 59 heavy (non-hydrogen) atoms. The molecule has 4 aromatic rings. The molecule has 5 rings (SSSR count). The van der Waals surface area contributed by atoms with E-state index in [9.17, 15) is 19.2 Å². The number of hydrogen-bond donors (Lipinski definition) is 4. The van der Waals surface area contributed by atoms with Gasteiger partial charge in [-0.05, 0) is 61.8 Å². The third-order valence-electron chi connectivity index (χ3n) is 11.6. The fraction of sp³-hybridized carbons (Fsp3) is 0.463. The molecule has 1 fully saturated rings. The second-order valence-corrected chi connectivity index (χ2v) is 16.1. The number of rotatable bonds is 12. The topological polar surface area (TPSA) is 175 Å². The van der Waals surface area contributed by atoms with Gasteiger partial charge in [-0.1, -0.05) is 68.3 Å². The fourth-order valence-corrected chi connectivity index (χ4v) is 7.91. The molecular weight excluding hydrogens is 744 g/mol. The lowest BCUT2D eigenvalue weighted by Crippen LogP contribution is -2.52. The van der Waals surface area contributed by atoms with Gasteiger partial charge in [-0.2, -0.15) is 0 Å². The molecule has 1 unspecified atom stereocenters. The number of carbonyl (C=O) groups excluding carboxylic acids is 4. The molecule has 0 bridgehead atoms. The Kier molecular flexibility index (Phi) is 14.3. The van der Waals surface area contributed by atoms with Crippen molar-refractivity contribution in [3.63, 3.8) is 0 Å². The maximum Gasteiger partial charge on any atom is 0.407 e. The molecule has 2 aromatic heterocycles. The molecule has 1 saturated heterocycles. The van der Waals surface area contributed by atoms with Gasteiger partial charge >= 0.3 is 12.2 Å². The first-order valence-corrected chi connectivity index (χ1v) is 20.5. The van der Waals surface area contributed by atoms with Gasteiger partial charge in [-0.25, -0.2) is 19.6 Å². The van der Waals surface area contributed by atoms with E-state index in [4.69, 9.17) is 19.4 Å². The van der Waals surface area contributed by atoms with Gasteiger partial charge in [0.25, 0.3) is 0 Å². The van der Waals surface area contributed by atoms with E-state index in [-0.39, 0.29) is 35.7 Å². The van der Waals surface area contributed by atoms with Gasteiger partial charge in [0.1, 0.15) is 55.1 Å². The monoisotopic (exact) mass is 800 g/mol. The molecule has 0 radical (unpaired) electrons. The first-order chi connectivity index (χ1) is 28.0. The van der Waals surface area contributed by atoms with E-state index in [1.54, 1.807) is 4.90 Å². The van der Waals surface area contributed by atoms with Crippen LogP contribution in [0.2, 0.25) is 0 Å². The minimum absolute atomic E-state index is 0.119. The largest absolute Gasteiger partial charge is 0.453 e. The predicted octanol–water partition coefficient (Wildman–Crippen LogP) is -0.889. The zero-order chi connectivity index (χ0) is 43.3. The summed E-state index contributed by atoms with van der Waals surface area (Å²) in [5, 5.41) is 5.41. The zero-order valence-electron chi connectivity index (χ0n) is 36.5. The van der Waals surface area contributed by atoms with Crippen molar-refractivity contribution in [2.75, 3.05) is 27.3 Å². The molecule has 0 saturated carbocycles. The molecule has 4 N–H and O–H groups in total. The molecule has 14 nitrogen and oxygen atoms in total. The Labute approximate surface area is 350 Å². The van der Waals surface area contributed by atoms with Gasteiger partial charge in [0.05, 0.1) is 43.0 Å². The summed E-state index contributed by atoms with van der Waals surface area (Å²) in [7, 11) is 10.9. The number of imidazole rings is 2. The van der Waals surface area contributed by atoms with E-state index in [1.807, 2.05) is 70.8 Å². The normalized spacial score (nSPS) is 15.4. The van der Waals surface area contributed by atoms with Crippen LogP contribution in [-0.4, -0.2) is 125 Å². The smallest absolute Gasteiger partial charge is 0.407 e. The molecular formula is C41H56B4N8O6. The molecule has 0 aliphatic carbocycles. The number of methoxy groups -OCH3 is 2. The van der Waals surface area contributed by atoms with Crippen LogP contribution in [0.3, 0.4) is 0 Å². The van der Waals surface area contributed by atoms with E-state index in [1.165, 1.54) is 14.2 Å². The van der Waals surface area contributed by atoms with Crippen molar-refractivity contribution in [1.82, 2.24) is 40.4 Å². The summed E-state index contributed by atoms with van der Waals surface area (Å²) in [5.74, 6) is 7.58. The summed E-state index contributed by atoms with van der Waals surface area (Å²) in [6, 6.07) is 3.81. The van der Waals surface area contributed by atoms with Crippen LogP contribution in [0.4, 0.5) is 9.59 Å². The van der Waals surface area contributed by atoms with Crippen molar-refractivity contribution in [1.29, 1.82) is 0 Å². The molecule has 18 heteroatoms. The number of aromatic amines is 2. The van der Waals surface area contributed by atoms with E-state index in [0.29, 0.717) is 18.9 Å². The minimum atomic E-state index is -0.741. The zero-order valence-corrected chi connectivity index (χ0v) is 36.5. The van der Waals surface area contributed by atoms with Crippen LogP contribution in [0, 0.1) is 23.7 Å². The molecule has 3 heterocycles. The number of alkyl carbamates (subject to hydrolysis) is 2. The highest BCUT2D eigenvalue weighted by molar-refractivity contribution is 6.60. The van der Waals surface area contributed by atoms with E-state index < -0.39 is 24.3 Å². The van der Waals surface area contributed by atoms with Gasteiger partial charge in [-0.15, -0.1) is 0 Å². The molecule has 4 atom stereocenters. The van der Waals surface area contributed by atoms with Crippen molar-refractivity contribution in [3.8, 4) is 23.1 Å². The predicted molar refractivity (Wildman–Crippen MR) is 241 cm³/mol. The summed E-state index contributed by atoms with van der Waals surface area (Å²) >= 11 is 0. The fourth-order valence-electron chi connectivity index (χ4n) is 7.91. The van der Waals surface area contributed by atoms with Crippen molar-refractivity contribution in [2.45, 2.75) is 85.0 Å². The van der Waals surface area contributed by atoms with Crippen molar-refractivity contribution < 1.29 is 28.7 Å². The SMILES string of the molecule is Bc1c(B)c(-c2c[nH]c([C@@H]3CCCN3C(=O)[C@@H](NC(=O)OC)C(C)C)n2)c(B)c(B)c1C#Cc1ccc2[nH]c(C(C)N(CCC)C(=O)[C@@H](NC(=O)OC)C(C)C)nc2c1. The molecule has 1 aliphatic heterocycles. The Balaban J connectivity index is 1.39. The van der Waals surface area contributed by atoms with Crippen LogP contribution in [0.1, 0.15) is 95.7 Å². The number of benzene rings is 2. The summed E-state index contributed by atoms with van der Waals surface area (Å²) in [6.45, 7) is 12.6. The van der Waals surface area contributed by atoms with Crippen molar-refractivity contribution in [3.05, 3.63) is 47.2 Å². The summed E-state index contributed by atoms with van der Waals surface area (Å²) < 4.78 is 9.57. The number of amides is 4. The number of H-pyrrole nitrogens is 2. The van der Waals surface area contributed by atoms with Crippen molar-refractivity contribution in [2.24, 2.45) is 11.8 Å². The van der Waals surface area contributed by atoms with Crippen LogP contribution >= 0.6 is 0 Å².